The number of alkyl halides is 1. The van der Waals surface area contributed by atoms with Gasteiger partial charge in [0, 0.05) is 9.75 Å². The summed E-state index contributed by atoms with van der Waals surface area (Å²) >= 11 is 7.87. The van der Waals surface area contributed by atoms with E-state index in [1.54, 1.807) is 0 Å². The smallest absolute Gasteiger partial charge is 0.125 e. The van der Waals surface area contributed by atoms with Crippen LogP contribution in [0.25, 0.3) is 11.0 Å². The molecule has 98 valence electrons. The van der Waals surface area contributed by atoms with Gasteiger partial charge in [0.05, 0.1) is 23.5 Å². The van der Waals surface area contributed by atoms with Crippen LogP contribution in [0, 0.1) is 13.8 Å². The van der Waals surface area contributed by atoms with Crippen LogP contribution in [-0.4, -0.2) is 9.55 Å². The molecule has 0 spiro atoms. The van der Waals surface area contributed by atoms with Gasteiger partial charge in [0.25, 0.3) is 0 Å². The van der Waals surface area contributed by atoms with Gasteiger partial charge >= 0.3 is 0 Å². The Morgan fingerprint density at radius 1 is 1.21 bits per heavy atom. The van der Waals surface area contributed by atoms with E-state index in [-0.39, 0.29) is 0 Å². The van der Waals surface area contributed by atoms with Crippen LogP contribution in [0.2, 0.25) is 0 Å². The molecular formula is C15H15ClN2S. The lowest BCUT2D eigenvalue weighted by Crippen LogP contribution is -2.02. The Morgan fingerprint density at radius 2 is 2.05 bits per heavy atom. The molecule has 3 aromatic rings. The van der Waals surface area contributed by atoms with E-state index in [9.17, 15) is 0 Å². The number of benzene rings is 1. The molecule has 0 aliphatic rings. The molecule has 0 bridgehead atoms. The molecule has 0 saturated carbocycles. The second-order valence-corrected chi connectivity index (χ2v) is 6.34. The summed E-state index contributed by atoms with van der Waals surface area (Å²) in [6, 6.07) is 10.6. The summed E-state index contributed by atoms with van der Waals surface area (Å²) in [5.41, 5.74) is 3.43. The third-order valence-electron chi connectivity index (χ3n) is 3.29. The molecule has 2 heterocycles. The van der Waals surface area contributed by atoms with Crippen molar-refractivity contribution in [2.75, 3.05) is 0 Å². The maximum atomic E-state index is 6.05. The number of thiophene rings is 1. The second kappa shape index (κ2) is 4.99. The topological polar surface area (TPSA) is 17.8 Å². The zero-order valence-electron chi connectivity index (χ0n) is 11.0. The maximum Gasteiger partial charge on any atom is 0.125 e. The first kappa shape index (κ1) is 12.7. The molecule has 0 radical (unpaired) electrons. The summed E-state index contributed by atoms with van der Waals surface area (Å²) in [5, 5.41) is 0. The average molecular weight is 291 g/mol. The lowest BCUT2D eigenvalue weighted by atomic mass is 10.2. The molecule has 4 heteroatoms. The Morgan fingerprint density at radius 3 is 2.74 bits per heavy atom. The Balaban J connectivity index is 2.13. The minimum Gasteiger partial charge on any atom is -0.322 e. The summed E-state index contributed by atoms with van der Waals surface area (Å²) in [5.74, 6) is 1.38. The van der Waals surface area contributed by atoms with E-state index in [2.05, 4.69) is 53.7 Å². The quantitative estimate of drug-likeness (QED) is 0.649. The van der Waals surface area contributed by atoms with Crippen LogP contribution < -0.4 is 0 Å². The van der Waals surface area contributed by atoms with Crippen LogP contribution in [-0.2, 0) is 12.4 Å². The Bertz CT molecular complexity index is 727. The highest BCUT2D eigenvalue weighted by atomic mass is 35.5. The molecule has 0 N–H and O–H groups in total. The summed E-state index contributed by atoms with van der Waals surface area (Å²) in [6.07, 6.45) is 0. The van der Waals surface area contributed by atoms with Gasteiger partial charge in [0.2, 0.25) is 0 Å². The third-order valence-corrected chi connectivity index (χ3v) is 4.51. The highest BCUT2D eigenvalue weighted by Gasteiger charge is 2.12. The number of para-hydroxylation sites is 1. The molecule has 0 aliphatic carbocycles. The molecule has 0 atom stereocenters. The summed E-state index contributed by atoms with van der Waals surface area (Å²) in [6.45, 7) is 5.07. The minimum absolute atomic E-state index is 0.443. The van der Waals surface area contributed by atoms with Gasteiger partial charge in [-0.15, -0.1) is 22.9 Å². The van der Waals surface area contributed by atoms with E-state index in [1.165, 1.54) is 20.8 Å². The first-order valence-electron chi connectivity index (χ1n) is 6.25. The fourth-order valence-electron chi connectivity index (χ4n) is 2.34. The van der Waals surface area contributed by atoms with Gasteiger partial charge in [-0.3, -0.25) is 0 Å². The Hall–Kier alpha value is -1.32. The van der Waals surface area contributed by atoms with E-state index in [1.807, 2.05) is 11.3 Å². The van der Waals surface area contributed by atoms with E-state index in [4.69, 9.17) is 11.6 Å². The number of aromatic nitrogens is 2. The zero-order chi connectivity index (χ0) is 13.4. The van der Waals surface area contributed by atoms with Crippen LogP contribution in [0.3, 0.4) is 0 Å². The molecule has 0 aliphatic heterocycles. The normalized spacial score (nSPS) is 11.3. The van der Waals surface area contributed by atoms with Crippen LogP contribution in [0.15, 0.2) is 30.3 Å². The predicted molar refractivity (Wildman–Crippen MR) is 82.2 cm³/mol. The van der Waals surface area contributed by atoms with E-state index in [0.717, 1.165) is 17.9 Å². The van der Waals surface area contributed by atoms with Crippen LogP contribution in [0.1, 0.15) is 21.1 Å². The highest BCUT2D eigenvalue weighted by molar-refractivity contribution is 7.11. The third kappa shape index (κ3) is 2.28. The molecule has 3 rings (SSSR count). The molecule has 0 unspecified atom stereocenters. The van der Waals surface area contributed by atoms with Gasteiger partial charge in [-0.25, -0.2) is 4.98 Å². The van der Waals surface area contributed by atoms with E-state index in [0.29, 0.717) is 5.88 Å². The number of hydrogen-bond donors (Lipinski definition) is 0. The number of aryl methyl sites for hydroxylation is 2. The highest BCUT2D eigenvalue weighted by Crippen LogP contribution is 2.24. The standard InChI is InChI=1S/C15H15ClN2S/c1-10-4-3-5-13-15(10)17-14(8-16)18(13)9-12-7-6-11(2)19-12/h3-7H,8-9H2,1-2H3. The molecule has 0 fully saturated rings. The van der Waals surface area contributed by atoms with Crippen molar-refractivity contribution in [3.63, 3.8) is 0 Å². The molecule has 0 amide bonds. The number of imidazole rings is 1. The maximum absolute atomic E-state index is 6.05. The predicted octanol–water partition coefficient (Wildman–Crippen LogP) is 4.50. The monoisotopic (exact) mass is 290 g/mol. The van der Waals surface area contributed by atoms with Gasteiger partial charge in [-0.2, -0.15) is 0 Å². The molecule has 2 nitrogen and oxygen atoms in total. The van der Waals surface area contributed by atoms with Crippen molar-refractivity contribution in [1.29, 1.82) is 0 Å². The second-order valence-electron chi connectivity index (χ2n) is 4.70. The number of rotatable bonds is 3. The first-order valence-corrected chi connectivity index (χ1v) is 7.60. The van der Waals surface area contributed by atoms with Crippen LogP contribution in [0.5, 0.6) is 0 Å². The summed E-state index contributed by atoms with van der Waals surface area (Å²) in [7, 11) is 0. The largest absolute Gasteiger partial charge is 0.322 e. The van der Waals surface area contributed by atoms with Crippen molar-refractivity contribution in [2.45, 2.75) is 26.3 Å². The molecule has 19 heavy (non-hydrogen) atoms. The molecule has 2 aromatic heterocycles. The zero-order valence-corrected chi connectivity index (χ0v) is 12.6. The van der Waals surface area contributed by atoms with Crippen LogP contribution in [0.4, 0.5) is 0 Å². The van der Waals surface area contributed by atoms with Crippen molar-refractivity contribution < 1.29 is 0 Å². The Kier molecular flexibility index (Phi) is 3.33. The van der Waals surface area contributed by atoms with Gasteiger partial charge in [0.1, 0.15) is 5.82 Å². The van der Waals surface area contributed by atoms with Gasteiger partial charge in [0.15, 0.2) is 0 Å². The first-order chi connectivity index (χ1) is 9.19. The van der Waals surface area contributed by atoms with Crippen molar-refractivity contribution in [2.24, 2.45) is 0 Å². The SMILES string of the molecule is Cc1ccc(Cn2c(CCl)nc3c(C)cccc32)s1. The molecule has 0 saturated heterocycles. The van der Waals surface area contributed by atoms with E-state index < -0.39 is 0 Å². The summed E-state index contributed by atoms with van der Waals surface area (Å²) < 4.78 is 2.22. The molecule has 1 aromatic carbocycles. The van der Waals surface area contributed by atoms with Crippen molar-refractivity contribution in [1.82, 2.24) is 9.55 Å². The summed E-state index contributed by atoms with van der Waals surface area (Å²) in [4.78, 5) is 7.34. The fraction of sp³-hybridized carbons (Fsp3) is 0.267. The minimum atomic E-state index is 0.443. The number of hydrogen-bond acceptors (Lipinski definition) is 2. The van der Waals surface area contributed by atoms with Crippen molar-refractivity contribution in [3.8, 4) is 0 Å². The van der Waals surface area contributed by atoms with Crippen molar-refractivity contribution in [3.05, 3.63) is 51.5 Å². The van der Waals surface area contributed by atoms with Gasteiger partial charge < -0.3 is 4.57 Å². The van der Waals surface area contributed by atoms with Gasteiger partial charge in [-0.1, -0.05) is 12.1 Å². The van der Waals surface area contributed by atoms with Crippen LogP contribution >= 0.6 is 22.9 Å². The van der Waals surface area contributed by atoms with E-state index >= 15 is 0 Å². The fourth-order valence-corrected chi connectivity index (χ4v) is 3.42. The lowest BCUT2D eigenvalue weighted by molar-refractivity contribution is 0.789. The lowest BCUT2D eigenvalue weighted by Gasteiger charge is -2.06. The van der Waals surface area contributed by atoms with Crippen molar-refractivity contribution >= 4 is 34.0 Å². The Labute approximate surface area is 121 Å². The van der Waals surface area contributed by atoms with Gasteiger partial charge in [-0.05, 0) is 37.6 Å². The molecular weight excluding hydrogens is 276 g/mol. The number of fused-ring (bicyclic) bond motifs is 1. The number of halogens is 1. The number of nitrogens with zero attached hydrogens (tertiary/aromatic N) is 2. The average Bonchev–Trinajstić information content (AvgIpc) is 2.96.